The predicted octanol–water partition coefficient (Wildman–Crippen LogP) is 0.762. The molecule has 0 radical (unpaired) electrons. The van der Waals surface area contributed by atoms with Gasteiger partial charge in [-0.15, -0.1) is 0 Å². The van der Waals surface area contributed by atoms with Crippen molar-refractivity contribution in [2.24, 2.45) is 5.41 Å². The van der Waals surface area contributed by atoms with Crippen molar-refractivity contribution < 1.29 is 19.4 Å². The molecule has 1 heterocycles. The average Bonchev–Trinajstić information content (AvgIpc) is 2.44. The van der Waals surface area contributed by atoms with Crippen LogP contribution >= 0.6 is 0 Å². The van der Waals surface area contributed by atoms with Crippen LogP contribution in [0.15, 0.2) is 0 Å². The van der Waals surface area contributed by atoms with Gasteiger partial charge < -0.3 is 20.5 Å². The number of methoxy groups -OCH3 is 1. The molecule has 0 aromatic carbocycles. The number of amides is 1. The van der Waals surface area contributed by atoms with Crippen molar-refractivity contribution in [1.82, 2.24) is 10.6 Å². The molecular formula is C14H26N2O4. The normalized spacial score (nSPS) is 24.1. The summed E-state index contributed by atoms with van der Waals surface area (Å²) in [4.78, 5) is 23.7. The minimum atomic E-state index is -1.01. The van der Waals surface area contributed by atoms with Crippen LogP contribution in [0.2, 0.25) is 0 Å². The number of hydrogen-bond donors (Lipinski definition) is 3. The van der Waals surface area contributed by atoms with Crippen LogP contribution in [-0.2, 0) is 14.3 Å². The molecule has 0 aromatic heterocycles. The first-order valence-corrected chi connectivity index (χ1v) is 7.29. The molecule has 1 amide bonds. The maximum atomic E-state index is 12.5. The van der Waals surface area contributed by atoms with E-state index in [4.69, 9.17) is 4.74 Å². The average molecular weight is 286 g/mol. The number of hydrogen-bond acceptors (Lipinski definition) is 4. The molecule has 1 fully saturated rings. The Labute approximate surface area is 120 Å². The van der Waals surface area contributed by atoms with Crippen molar-refractivity contribution in [3.05, 3.63) is 0 Å². The predicted molar refractivity (Wildman–Crippen MR) is 75.5 cm³/mol. The van der Waals surface area contributed by atoms with Gasteiger partial charge in [0.25, 0.3) is 0 Å². The molecule has 1 saturated heterocycles. The number of carboxylic acids is 1. The monoisotopic (exact) mass is 286 g/mol. The first kappa shape index (κ1) is 16.9. The molecule has 6 heteroatoms. The lowest BCUT2D eigenvalue weighted by molar-refractivity contribution is -0.145. The zero-order chi connectivity index (χ0) is 15.0. The van der Waals surface area contributed by atoms with Gasteiger partial charge in [0.1, 0.15) is 6.04 Å². The molecule has 0 saturated carbocycles. The van der Waals surface area contributed by atoms with Crippen LogP contribution in [0, 0.1) is 5.41 Å². The van der Waals surface area contributed by atoms with Gasteiger partial charge in [0.05, 0.1) is 5.41 Å². The van der Waals surface area contributed by atoms with Gasteiger partial charge >= 0.3 is 5.97 Å². The molecule has 0 aliphatic carbocycles. The summed E-state index contributed by atoms with van der Waals surface area (Å²) in [5, 5.41) is 15.1. The van der Waals surface area contributed by atoms with E-state index >= 15 is 0 Å². The second-order valence-electron chi connectivity index (χ2n) is 5.46. The summed E-state index contributed by atoms with van der Waals surface area (Å²) in [7, 11) is 1.52. The van der Waals surface area contributed by atoms with Crippen LogP contribution in [0.25, 0.3) is 0 Å². The number of ether oxygens (including phenoxy) is 1. The Kier molecular flexibility index (Phi) is 6.95. The van der Waals surface area contributed by atoms with E-state index in [1.54, 1.807) is 0 Å². The van der Waals surface area contributed by atoms with E-state index in [1.165, 1.54) is 7.11 Å². The van der Waals surface area contributed by atoms with Crippen molar-refractivity contribution in [2.75, 3.05) is 26.8 Å². The van der Waals surface area contributed by atoms with Gasteiger partial charge in [-0.3, -0.25) is 4.79 Å². The molecular weight excluding hydrogens is 260 g/mol. The first-order chi connectivity index (χ1) is 9.55. The van der Waals surface area contributed by atoms with E-state index in [-0.39, 0.29) is 12.3 Å². The standard InChI is InChI=1S/C14H26N2O4/c1-3-6-14(7-4-8-15-10-14)13(19)16-11(12(17)18)5-9-20-2/h11,15H,3-10H2,1-2H3,(H,16,19)(H,17,18). The van der Waals surface area contributed by atoms with E-state index < -0.39 is 17.4 Å². The summed E-state index contributed by atoms with van der Waals surface area (Å²) in [5.41, 5.74) is -0.465. The Morgan fingerprint density at radius 2 is 2.25 bits per heavy atom. The zero-order valence-electron chi connectivity index (χ0n) is 12.4. The smallest absolute Gasteiger partial charge is 0.326 e. The summed E-state index contributed by atoms with van der Waals surface area (Å²) in [6.07, 6.45) is 3.74. The lowest BCUT2D eigenvalue weighted by atomic mass is 9.76. The highest BCUT2D eigenvalue weighted by molar-refractivity contribution is 5.87. The molecule has 0 aromatic rings. The topological polar surface area (TPSA) is 87.7 Å². The molecule has 1 aliphatic heterocycles. The molecule has 6 nitrogen and oxygen atoms in total. The van der Waals surface area contributed by atoms with Crippen molar-refractivity contribution in [2.45, 2.75) is 45.1 Å². The number of carbonyl (C=O) groups excluding carboxylic acids is 1. The second kappa shape index (κ2) is 8.21. The molecule has 0 spiro atoms. The fourth-order valence-electron chi connectivity index (χ4n) is 2.77. The second-order valence-corrected chi connectivity index (χ2v) is 5.46. The molecule has 116 valence electrons. The van der Waals surface area contributed by atoms with Crippen molar-refractivity contribution >= 4 is 11.9 Å². The highest BCUT2D eigenvalue weighted by Crippen LogP contribution is 2.32. The molecule has 3 N–H and O–H groups in total. The summed E-state index contributed by atoms with van der Waals surface area (Å²) >= 11 is 0. The molecule has 2 unspecified atom stereocenters. The number of nitrogens with one attached hydrogen (secondary N) is 2. The van der Waals surface area contributed by atoms with Crippen LogP contribution in [0.1, 0.15) is 39.0 Å². The van der Waals surface area contributed by atoms with Crippen molar-refractivity contribution in [1.29, 1.82) is 0 Å². The largest absolute Gasteiger partial charge is 0.480 e. The Balaban J connectivity index is 2.70. The lowest BCUT2D eigenvalue weighted by Crippen LogP contribution is -2.54. The van der Waals surface area contributed by atoms with Crippen LogP contribution in [0.5, 0.6) is 0 Å². The van der Waals surface area contributed by atoms with Gasteiger partial charge in [-0.1, -0.05) is 13.3 Å². The Bertz CT molecular complexity index is 322. The third kappa shape index (κ3) is 4.45. The van der Waals surface area contributed by atoms with Crippen LogP contribution < -0.4 is 10.6 Å². The lowest BCUT2D eigenvalue weighted by Gasteiger charge is -2.37. The quantitative estimate of drug-likeness (QED) is 0.613. The van der Waals surface area contributed by atoms with Crippen LogP contribution in [0.3, 0.4) is 0 Å². The molecule has 20 heavy (non-hydrogen) atoms. The highest BCUT2D eigenvalue weighted by atomic mass is 16.5. The third-order valence-electron chi connectivity index (χ3n) is 3.90. The Morgan fingerprint density at radius 1 is 1.50 bits per heavy atom. The van der Waals surface area contributed by atoms with Crippen molar-refractivity contribution in [3.63, 3.8) is 0 Å². The molecule has 0 bridgehead atoms. The number of piperidine rings is 1. The van der Waals surface area contributed by atoms with Crippen LogP contribution in [-0.4, -0.2) is 49.8 Å². The summed E-state index contributed by atoms with van der Waals surface area (Å²) < 4.78 is 4.90. The van der Waals surface area contributed by atoms with Gasteiger partial charge in [-0.2, -0.15) is 0 Å². The fourth-order valence-corrected chi connectivity index (χ4v) is 2.77. The number of carbonyl (C=O) groups is 2. The Hall–Kier alpha value is -1.14. The van der Waals surface area contributed by atoms with Crippen LogP contribution in [0.4, 0.5) is 0 Å². The third-order valence-corrected chi connectivity index (χ3v) is 3.90. The summed E-state index contributed by atoms with van der Waals surface area (Å²) in [5.74, 6) is -1.15. The number of carboxylic acid groups (broad SMARTS) is 1. The highest BCUT2D eigenvalue weighted by Gasteiger charge is 2.40. The van der Waals surface area contributed by atoms with Gasteiger partial charge in [0.15, 0.2) is 0 Å². The minimum absolute atomic E-state index is 0.143. The summed E-state index contributed by atoms with van der Waals surface area (Å²) in [6, 6.07) is -0.877. The number of aliphatic carboxylic acids is 1. The van der Waals surface area contributed by atoms with Crippen molar-refractivity contribution in [3.8, 4) is 0 Å². The first-order valence-electron chi connectivity index (χ1n) is 7.29. The van der Waals surface area contributed by atoms with Gasteiger partial charge in [-0.25, -0.2) is 4.79 Å². The SMILES string of the molecule is CCCC1(C(=O)NC(CCOC)C(=O)O)CCCNC1. The fraction of sp³-hybridized carbons (Fsp3) is 0.857. The van der Waals surface area contributed by atoms with E-state index in [1.807, 2.05) is 6.92 Å². The molecule has 1 aliphatic rings. The minimum Gasteiger partial charge on any atom is -0.480 e. The van der Waals surface area contributed by atoms with E-state index in [0.717, 1.165) is 32.2 Å². The summed E-state index contributed by atoms with van der Waals surface area (Å²) in [6.45, 7) is 3.91. The van der Waals surface area contributed by atoms with Gasteiger partial charge in [0.2, 0.25) is 5.91 Å². The molecule has 2 atom stereocenters. The Morgan fingerprint density at radius 3 is 2.75 bits per heavy atom. The van der Waals surface area contributed by atoms with E-state index in [0.29, 0.717) is 13.2 Å². The maximum absolute atomic E-state index is 12.5. The molecule has 1 rings (SSSR count). The van der Waals surface area contributed by atoms with E-state index in [9.17, 15) is 14.7 Å². The van der Waals surface area contributed by atoms with Gasteiger partial charge in [0, 0.05) is 26.7 Å². The number of rotatable bonds is 8. The van der Waals surface area contributed by atoms with Gasteiger partial charge in [-0.05, 0) is 25.8 Å². The maximum Gasteiger partial charge on any atom is 0.326 e. The zero-order valence-corrected chi connectivity index (χ0v) is 12.4. The van der Waals surface area contributed by atoms with E-state index in [2.05, 4.69) is 10.6 Å².